The van der Waals surface area contributed by atoms with E-state index in [2.05, 4.69) is 26.3 Å². The van der Waals surface area contributed by atoms with Crippen molar-refractivity contribution in [2.45, 2.75) is 6.54 Å². The van der Waals surface area contributed by atoms with Gasteiger partial charge in [-0.1, -0.05) is 15.9 Å². The number of nitrogens with one attached hydrogen (secondary N) is 1. The maximum absolute atomic E-state index is 13.0. The Morgan fingerprint density at radius 2 is 1.73 bits per heavy atom. The van der Waals surface area contributed by atoms with E-state index < -0.39 is 0 Å². The van der Waals surface area contributed by atoms with Crippen LogP contribution in [0.25, 0.3) is 11.3 Å². The van der Waals surface area contributed by atoms with Gasteiger partial charge >= 0.3 is 0 Å². The SMILES string of the molecule is O=C(NCCn1nc(-c2ccc(F)cc2)ccc1=O)c1ccc(Br)cc1. The molecule has 1 N–H and O–H groups in total. The maximum Gasteiger partial charge on any atom is 0.266 e. The van der Waals surface area contributed by atoms with Crippen LogP contribution in [0.3, 0.4) is 0 Å². The van der Waals surface area contributed by atoms with Crippen LogP contribution in [0.5, 0.6) is 0 Å². The second-order valence-electron chi connectivity index (χ2n) is 5.55. The molecule has 0 fully saturated rings. The molecule has 0 aliphatic carbocycles. The molecule has 0 radical (unpaired) electrons. The summed E-state index contributed by atoms with van der Waals surface area (Å²) >= 11 is 3.32. The number of hydrogen-bond acceptors (Lipinski definition) is 3. The Kier molecular flexibility index (Phi) is 5.58. The highest BCUT2D eigenvalue weighted by Crippen LogP contribution is 2.15. The molecule has 7 heteroatoms. The average Bonchev–Trinajstić information content (AvgIpc) is 2.64. The van der Waals surface area contributed by atoms with Crippen molar-refractivity contribution in [2.75, 3.05) is 6.54 Å². The first-order valence-electron chi connectivity index (χ1n) is 7.91. The largest absolute Gasteiger partial charge is 0.350 e. The summed E-state index contributed by atoms with van der Waals surface area (Å²) in [5.74, 6) is -0.557. The highest BCUT2D eigenvalue weighted by atomic mass is 79.9. The van der Waals surface area contributed by atoms with Gasteiger partial charge < -0.3 is 5.32 Å². The van der Waals surface area contributed by atoms with Crippen LogP contribution in [0.15, 0.2) is 69.9 Å². The van der Waals surface area contributed by atoms with Crippen molar-refractivity contribution in [3.05, 3.63) is 86.9 Å². The van der Waals surface area contributed by atoms with E-state index in [0.717, 1.165) is 4.47 Å². The van der Waals surface area contributed by atoms with Crippen LogP contribution >= 0.6 is 15.9 Å². The van der Waals surface area contributed by atoms with E-state index in [4.69, 9.17) is 0 Å². The fraction of sp³-hybridized carbons (Fsp3) is 0.105. The van der Waals surface area contributed by atoms with Gasteiger partial charge in [-0.15, -0.1) is 0 Å². The molecule has 0 aliphatic rings. The minimum atomic E-state index is -0.335. The summed E-state index contributed by atoms with van der Waals surface area (Å²) in [6.45, 7) is 0.491. The number of amides is 1. The van der Waals surface area contributed by atoms with Gasteiger partial charge in [0.1, 0.15) is 5.82 Å². The smallest absolute Gasteiger partial charge is 0.266 e. The molecule has 26 heavy (non-hydrogen) atoms. The number of nitrogens with zero attached hydrogens (tertiary/aromatic N) is 2. The Morgan fingerprint density at radius 3 is 2.42 bits per heavy atom. The molecule has 0 aliphatic heterocycles. The summed E-state index contributed by atoms with van der Waals surface area (Å²) in [5.41, 5.74) is 1.53. The predicted octanol–water partition coefficient (Wildman–Crippen LogP) is 3.24. The quantitative estimate of drug-likeness (QED) is 0.695. The first-order chi connectivity index (χ1) is 12.5. The molecule has 0 saturated heterocycles. The van der Waals surface area contributed by atoms with Crippen LogP contribution in [0.4, 0.5) is 4.39 Å². The fourth-order valence-corrected chi connectivity index (χ4v) is 2.63. The van der Waals surface area contributed by atoms with Crippen molar-refractivity contribution in [1.29, 1.82) is 0 Å². The van der Waals surface area contributed by atoms with Crippen molar-refractivity contribution < 1.29 is 9.18 Å². The summed E-state index contributed by atoms with van der Waals surface area (Å²) in [4.78, 5) is 24.0. The number of carbonyl (C=O) groups excluding carboxylic acids is 1. The topological polar surface area (TPSA) is 64.0 Å². The van der Waals surface area contributed by atoms with Crippen LogP contribution < -0.4 is 10.9 Å². The van der Waals surface area contributed by atoms with E-state index in [9.17, 15) is 14.0 Å². The Morgan fingerprint density at radius 1 is 1.04 bits per heavy atom. The van der Waals surface area contributed by atoms with E-state index >= 15 is 0 Å². The van der Waals surface area contributed by atoms with Crippen LogP contribution in [-0.2, 0) is 6.54 Å². The van der Waals surface area contributed by atoms with E-state index in [1.807, 2.05) is 0 Å². The van der Waals surface area contributed by atoms with Gasteiger partial charge in [-0.05, 0) is 54.6 Å². The third-order valence-electron chi connectivity index (χ3n) is 3.72. The van der Waals surface area contributed by atoms with Crippen molar-refractivity contribution in [2.24, 2.45) is 0 Å². The lowest BCUT2D eigenvalue weighted by Gasteiger charge is -2.09. The predicted molar refractivity (Wildman–Crippen MR) is 100 cm³/mol. The molecule has 132 valence electrons. The summed E-state index contributed by atoms with van der Waals surface area (Å²) in [5, 5.41) is 7.03. The van der Waals surface area contributed by atoms with Crippen LogP contribution in [0.2, 0.25) is 0 Å². The highest BCUT2D eigenvalue weighted by Gasteiger charge is 2.07. The summed E-state index contributed by atoms with van der Waals surface area (Å²) in [7, 11) is 0. The first-order valence-corrected chi connectivity index (χ1v) is 8.70. The molecule has 1 heterocycles. The molecule has 5 nitrogen and oxygen atoms in total. The van der Waals surface area contributed by atoms with Crippen LogP contribution in [0.1, 0.15) is 10.4 Å². The van der Waals surface area contributed by atoms with Gasteiger partial charge in [-0.25, -0.2) is 9.07 Å². The van der Waals surface area contributed by atoms with Gasteiger partial charge in [0.25, 0.3) is 11.5 Å². The Hall–Kier alpha value is -2.80. The van der Waals surface area contributed by atoms with Gasteiger partial charge in [0.15, 0.2) is 0 Å². The number of benzene rings is 2. The van der Waals surface area contributed by atoms with E-state index in [0.29, 0.717) is 16.8 Å². The minimum absolute atomic E-state index is 0.222. The Bertz CT molecular complexity index is 969. The van der Waals surface area contributed by atoms with Gasteiger partial charge in [0.05, 0.1) is 12.2 Å². The molecule has 0 saturated carbocycles. The fourth-order valence-electron chi connectivity index (χ4n) is 2.36. The summed E-state index contributed by atoms with van der Waals surface area (Å²) in [6.07, 6.45) is 0. The molecule has 0 unspecified atom stereocenters. The molecule has 1 aromatic heterocycles. The van der Waals surface area contributed by atoms with Crippen molar-refractivity contribution in [1.82, 2.24) is 15.1 Å². The van der Waals surface area contributed by atoms with Gasteiger partial charge in [-0.2, -0.15) is 5.10 Å². The molecule has 3 rings (SSSR count). The van der Waals surface area contributed by atoms with E-state index in [1.165, 1.54) is 22.9 Å². The average molecular weight is 416 g/mol. The normalized spacial score (nSPS) is 10.5. The number of hydrogen-bond donors (Lipinski definition) is 1. The maximum atomic E-state index is 13.0. The third-order valence-corrected chi connectivity index (χ3v) is 4.25. The lowest BCUT2D eigenvalue weighted by atomic mass is 10.1. The molecule has 1 amide bonds. The van der Waals surface area contributed by atoms with E-state index in [-0.39, 0.29) is 30.4 Å². The number of halogens is 2. The van der Waals surface area contributed by atoms with Gasteiger partial charge in [-0.3, -0.25) is 9.59 Å². The molecule has 2 aromatic carbocycles. The van der Waals surface area contributed by atoms with Crippen LogP contribution in [0, 0.1) is 5.82 Å². The molecular formula is C19H15BrFN3O2. The van der Waals surface area contributed by atoms with Crippen molar-refractivity contribution >= 4 is 21.8 Å². The van der Waals surface area contributed by atoms with Gasteiger partial charge in [0, 0.05) is 28.2 Å². The second kappa shape index (κ2) is 8.05. The zero-order chi connectivity index (χ0) is 18.5. The highest BCUT2D eigenvalue weighted by molar-refractivity contribution is 9.10. The minimum Gasteiger partial charge on any atom is -0.350 e. The van der Waals surface area contributed by atoms with E-state index in [1.54, 1.807) is 42.5 Å². The lowest BCUT2D eigenvalue weighted by Crippen LogP contribution is -2.31. The molecular weight excluding hydrogens is 401 g/mol. The number of rotatable bonds is 5. The van der Waals surface area contributed by atoms with Gasteiger partial charge in [0.2, 0.25) is 0 Å². The zero-order valence-corrected chi connectivity index (χ0v) is 15.2. The first kappa shape index (κ1) is 18.0. The number of aromatic nitrogens is 2. The molecule has 3 aromatic rings. The van der Waals surface area contributed by atoms with Crippen molar-refractivity contribution in [3.8, 4) is 11.3 Å². The third kappa shape index (κ3) is 4.43. The Balaban J connectivity index is 1.67. The molecule has 0 atom stereocenters. The standard InChI is InChI=1S/C19H15BrFN3O2/c20-15-5-1-14(2-6-15)19(26)22-11-12-24-18(25)10-9-17(23-24)13-3-7-16(21)8-4-13/h1-10H,11-12H2,(H,22,26). The second-order valence-corrected chi connectivity index (χ2v) is 6.47. The molecule has 0 spiro atoms. The van der Waals surface area contributed by atoms with Crippen molar-refractivity contribution in [3.63, 3.8) is 0 Å². The monoisotopic (exact) mass is 415 g/mol. The van der Waals surface area contributed by atoms with Crippen LogP contribution in [-0.4, -0.2) is 22.2 Å². The molecule has 0 bridgehead atoms. The number of carbonyl (C=O) groups is 1. The zero-order valence-electron chi connectivity index (χ0n) is 13.7. The Labute approximate surface area is 157 Å². The lowest BCUT2D eigenvalue weighted by molar-refractivity contribution is 0.0951. The summed E-state index contributed by atoms with van der Waals surface area (Å²) < 4.78 is 15.2. The summed E-state index contributed by atoms with van der Waals surface area (Å²) in [6, 6.07) is 15.9.